The lowest BCUT2D eigenvalue weighted by Crippen LogP contribution is -2.60. The number of nitrogens with zero attached hydrogens (tertiary/aromatic N) is 1. The van der Waals surface area contributed by atoms with Crippen molar-refractivity contribution < 1.29 is 14.3 Å². The third kappa shape index (κ3) is 3.21. The Morgan fingerprint density at radius 1 is 1.38 bits per heavy atom. The van der Waals surface area contributed by atoms with Crippen LogP contribution in [0.3, 0.4) is 0 Å². The molecule has 2 heterocycles. The normalized spacial score (nSPS) is 33.6. The molecule has 2 aliphatic heterocycles. The number of rotatable bonds is 3. The molecule has 0 aromatic carbocycles. The maximum absolute atomic E-state index is 12.9. The Morgan fingerprint density at radius 3 is 2.86 bits per heavy atom. The highest BCUT2D eigenvalue weighted by molar-refractivity contribution is 5.90. The summed E-state index contributed by atoms with van der Waals surface area (Å²) in [7, 11) is 0. The van der Waals surface area contributed by atoms with Crippen molar-refractivity contribution in [2.45, 2.75) is 44.7 Å². The first kappa shape index (κ1) is 14.8. The molecule has 1 saturated carbocycles. The van der Waals surface area contributed by atoms with Gasteiger partial charge in [0.05, 0.1) is 18.6 Å². The van der Waals surface area contributed by atoms with Crippen molar-refractivity contribution in [3.8, 4) is 0 Å². The van der Waals surface area contributed by atoms with Gasteiger partial charge in [-0.1, -0.05) is 0 Å². The molecule has 6 nitrogen and oxygen atoms in total. The van der Waals surface area contributed by atoms with E-state index in [1.54, 1.807) is 4.90 Å². The molecule has 3 aliphatic rings. The Kier molecular flexibility index (Phi) is 4.17. The largest absolute Gasteiger partial charge is 0.377 e. The molecule has 3 rings (SSSR count). The molecule has 2 saturated heterocycles. The van der Waals surface area contributed by atoms with Gasteiger partial charge in [-0.15, -0.1) is 0 Å². The van der Waals surface area contributed by atoms with Gasteiger partial charge in [-0.25, -0.2) is 0 Å². The number of carbonyl (C=O) groups excluding carboxylic acids is 2. The molecule has 21 heavy (non-hydrogen) atoms. The molecular weight excluding hydrogens is 270 g/mol. The molecular formula is C15H25N3O3. The predicted molar refractivity (Wildman–Crippen MR) is 77.7 cm³/mol. The number of amides is 2. The van der Waals surface area contributed by atoms with E-state index < -0.39 is 11.5 Å². The smallest absolute Gasteiger partial charge is 0.245 e. The van der Waals surface area contributed by atoms with Gasteiger partial charge in [-0.3, -0.25) is 9.59 Å². The fourth-order valence-electron chi connectivity index (χ4n) is 3.17. The fraction of sp³-hybridized carbons (Fsp3) is 0.867. The van der Waals surface area contributed by atoms with Crippen LogP contribution in [-0.4, -0.2) is 61.6 Å². The SMILES string of the molecule is CC1(C(=O)N2CCOCC2C(=O)NC2CC2)CCCNC1. The van der Waals surface area contributed by atoms with E-state index in [-0.39, 0.29) is 11.8 Å². The van der Waals surface area contributed by atoms with E-state index in [1.807, 2.05) is 6.92 Å². The third-order valence-corrected chi connectivity index (χ3v) is 4.73. The van der Waals surface area contributed by atoms with Crippen LogP contribution in [-0.2, 0) is 14.3 Å². The van der Waals surface area contributed by atoms with Crippen molar-refractivity contribution in [1.82, 2.24) is 15.5 Å². The van der Waals surface area contributed by atoms with Crippen LogP contribution in [0, 0.1) is 5.41 Å². The molecule has 2 atom stereocenters. The Bertz CT molecular complexity index is 416. The predicted octanol–water partition coefficient (Wildman–Crippen LogP) is -0.118. The average Bonchev–Trinajstić information content (AvgIpc) is 3.31. The topological polar surface area (TPSA) is 70.7 Å². The summed E-state index contributed by atoms with van der Waals surface area (Å²) in [4.78, 5) is 27.0. The standard InChI is InChI=1S/C15H25N3O3/c1-15(5-2-6-16-10-15)14(20)18-7-8-21-9-12(18)13(19)17-11-3-4-11/h11-12,16H,2-10H2,1H3,(H,17,19). The molecule has 0 spiro atoms. The third-order valence-electron chi connectivity index (χ3n) is 4.73. The Hall–Kier alpha value is -1.14. The van der Waals surface area contributed by atoms with Crippen LogP contribution < -0.4 is 10.6 Å². The monoisotopic (exact) mass is 295 g/mol. The molecule has 118 valence electrons. The van der Waals surface area contributed by atoms with Gasteiger partial charge < -0.3 is 20.3 Å². The van der Waals surface area contributed by atoms with Gasteiger partial charge in [-0.2, -0.15) is 0 Å². The molecule has 0 aromatic heterocycles. The second kappa shape index (κ2) is 5.93. The zero-order valence-electron chi connectivity index (χ0n) is 12.7. The first-order valence-electron chi connectivity index (χ1n) is 8.00. The minimum atomic E-state index is -0.467. The quantitative estimate of drug-likeness (QED) is 0.762. The first-order chi connectivity index (χ1) is 10.1. The van der Waals surface area contributed by atoms with Gasteiger partial charge >= 0.3 is 0 Å². The summed E-state index contributed by atoms with van der Waals surface area (Å²) >= 11 is 0. The van der Waals surface area contributed by atoms with Crippen LogP contribution >= 0.6 is 0 Å². The zero-order valence-corrected chi connectivity index (χ0v) is 12.7. The summed E-state index contributed by atoms with van der Waals surface area (Å²) in [5.74, 6) is 0.0341. The van der Waals surface area contributed by atoms with Crippen LogP contribution in [0.2, 0.25) is 0 Å². The Labute approximate surface area is 125 Å². The van der Waals surface area contributed by atoms with E-state index in [1.165, 1.54) is 0 Å². The molecule has 6 heteroatoms. The first-order valence-corrected chi connectivity index (χ1v) is 8.00. The molecule has 3 fully saturated rings. The fourth-order valence-corrected chi connectivity index (χ4v) is 3.17. The van der Waals surface area contributed by atoms with E-state index >= 15 is 0 Å². The van der Waals surface area contributed by atoms with Crippen molar-refractivity contribution in [3.63, 3.8) is 0 Å². The van der Waals surface area contributed by atoms with Crippen molar-refractivity contribution in [2.75, 3.05) is 32.8 Å². The van der Waals surface area contributed by atoms with E-state index in [2.05, 4.69) is 10.6 Å². The van der Waals surface area contributed by atoms with Gasteiger partial charge in [-0.05, 0) is 39.2 Å². The highest BCUT2D eigenvalue weighted by Crippen LogP contribution is 2.30. The van der Waals surface area contributed by atoms with Crippen LogP contribution in [0.15, 0.2) is 0 Å². The van der Waals surface area contributed by atoms with Gasteiger partial charge in [0.25, 0.3) is 0 Å². The molecule has 2 amide bonds. The summed E-state index contributed by atoms with van der Waals surface area (Å²) in [6, 6.07) is -0.158. The van der Waals surface area contributed by atoms with Crippen LogP contribution in [0.5, 0.6) is 0 Å². The lowest BCUT2D eigenvalue weighted by molar-refractivity contribution is -0.156. The number of ether oxygens (including phenoxy) is 1. The van der Waals surface area contributed by atoms with E-state index in [0.717, 1.165) is 32.2 Å². The molecule has 0 bridgehead atoms. The van der Waals surface area contributed by atoms with E-state index in [4.69, 9.17) is 4.74 Å². The molecule has 0 radical (unpaired) electrons. The van der Waals surface area contributed by atoms with Crippen molar-refractivity contribution in [1.29, 1.82) is 0 Å². The second-order valence-electron chi connectivity index (χ2n) is 6.71. The number of hydrogen-bond acceptors (Lipinski definition) is 4. The summed E-state index contributed by atoms with van der Waals surface area (Å²) in [5.41, 5.74) is -0.395. The lowest BCUT2D eigenvalue weighted by atomic mass is 9.81. The van der Waals surface area contributed by atoms with E-state index in [0.29, 0.717) is 32.3 Å². The number of piperidine rings is 1. The number of nitrogens with one attached hydrogen (secondary N) is 2. The Morgan fingerprint density at radius 2 is 2.19 bits per heavy atom. The van der Waals surface area contributed by atoms with Gasteiger partial charge in [0, 0.05) is 19.1 Å². The molecule has 1 aliphatic carbocycles. The number of carbonyl (C=O) groups is 2. The van der Waals surface area contributed by atoms with Gasteiger partial charge in [0.2, 0.25) is 11.8 Å². The summed E-state index contributed by atoms with van der Waals surface area (Å²) in [5, 5.41) is 6.30. The lowest BCUT2D eigenvalue weighted by Gasteiger charge is -2.42. The molecule has 2 N–H and O–H groups in total. The zero-order chi connectivity index (χ0) is 14.9. The highest BCUT2D eigenvalue weighted by atomic mass is 16.5. The van der Waals surface area contributed by atoms with E-state index in [9.17, 15) is 9.59 Å². The highest BCUT2D eigenvalue weighted by Gasteiger charge is 2.43. The van der Waals surface area contributed by atoms with Crippen LogP contribution in [0.25, 0.3) is 0 Å². The van der Waals surface area contributed by atoms with Crippen LogP contribution in [0.1, 0.15) is 32.6 Å². The summed E-state index contributed by atoms with van der Waals surface area (Å²) < 4.78 is 5.44. The van der Waals surface area contributed by atoms with Crippen molar-refractivity contribution in [3.05, 3.63) is 0 Å². The van der Waals surface area contributed by atoms with Crippen molar-refractivity contribution >= 4 is 11.8 Å². The summed E-state index contributed by atoms with van der Waals surface area (Å²) in [6.45, 7) is 5.01. The van der Waals surface area contributed by atoms with Crippen LogP contribution in [0.4, 0.5) is 0 Å². The maximum Gasteiger partial charge on any atom is 0.245 e. The second-order valence-corrected chi connectivity index (χ2v) is 6.71. The molecule has 2 unspecified atom stereocenters. The van der Waals surface area contributed by atoms with Crippen molar-refractivity contribution in [2.24, 2.45) is 5.41 Å². The Balaban J connectivity index is 1.70. The number of hydrogen-bond donors (Lipinski definition) is 2. The maximum atomic E-state index is 12.9. The molecule has 0 aromatic rings. The number of morpholine rings is 1. The minimum Gasteiger partial charge on any atom is -0.377 e. The van der Waals surface area contributed by atoms with Gasteiger partial charge in [0.15, 0.2) is 0 Å². The average molecular weight is 295 g/mol. The van der Waals surface area contributed by atoms with Gasteiger partial charge in [0.1, 0.15) is 6.04 Å². The minimum absolute atomic E-state index is 0.0575. The summed E-state index contributed by atoms with van der Waals surface area (Å²) in [6.07, 6.45) is 3.99.